The van der Waals surface area contributed by atoms with Crippen molar-refractivity contribution in [1.82, 2.24) is 15.0 Å². The summed E-state index contributed by atoms with van der Waals surface area (Å²) in [5, 5.41) is 7.08. The van der Waals surface area contributed by atoms with Gasteiger partial charge in [0, 0.05) is 22.3 Å². The average molecular weight is 427 g/mol. The van der Waals surface area contributed by atoms with Gasteiger partial charge in [0.05, 0.1) is 0 Å². The van der Waals surface area contributed by atoms with Gasteiger partial charge in [-0.1, -0.05) is 39.3 Å². The van der Waals surface area contributed by atoms with Gasteiger partial charge in [-0.2, -0.15) is 4.98 Å². The Morgan fingerprint density at radius 2 is 2.00 bits per heavy atom. The predicted octanol–water partition coefficient (Wildman–Crippen LogP) is 5.18. The Bertz CT molecular complexity index is 955. The topological polar surface area (TPSA) is 71.3 Å². The summed E-state index contributed by atoms with van der Waals surface area (Å²) in [5.74, 6) is 1.01. The van der Waals surface area contributed by atoms with Gasteiger partial charge in [0.1, 0.15) is 6.04 Å². The normalized spacial score (nSPS) is 16.5. The molecule has 2 aromatic carbocycles. The molecule has 4 rings (SSSR count). The third kappa shape index (κ3) is 3.73. The van der Waals surface area contributed by atoms with Crippen LogP contribution < -0.4 is 5.32 Å². The first-order chi connectivity index (χ1) is 13.1. The van der Waals surface area contributed by atoms with Gasteiger partial charge in [-0.3, -0.25) is 0 Å². The van der Waals surface area contributed by atoms with Crippen molar-refractivity contribution in [3.63, 3.8) is 0 Å². The first kappa shape index (κ1) is 17.7. The zero-order valence-electron chi connectivity index (χ0n) is 14.9. The van der Waals surface area contributed by atoms with Crippen molar-refractivity contribution in [2.45, 2.75) is 25.8 Å². The number of rotatable bonds is 3. The molecule has 1 aliphatic heterocycles. The number of aromatic nitrogens is 2. The van der Waals surface area contributed by atoms with E-state index in [-0.39, 0.29) is 12.1 Å². The number of amides is 2. The van der Waals surface area contributed by atoms with Crippen molar-refractivity contribution >= 4 is 27.6 Å². The standard InChI is InChI=1S/C20H19BrN4O2/c1-13-5-2-3-6-16(13)22-20(26)25-12-4-7-17(25)19-23-18(24-27-19)14-8-10-15(21)11-9-14/h2-3,5-6,8-11,17H,4,7,12H2,1H3,(H,22,26). The molecule has 1 N–H and O–H groups in total. The van der Waals surface area contributed by atoms with E-state index >= 15 is 0 Å². The van der Waals surface area contributed by atoms with Crippen molar-refractivity contribution in [1.29, 1.82) is 0 Å². The number of nitrogens with one attached hydrogen (secondary N) is 1. The number of hydrogen-bond acceptors (Lipinski definition) is 4. The molecule has 0 radical (unpaired) electrons. The maximum absolute atomic E-state index is 12.8. The fraction of sp³-hybridized carbons (Fsp3) is 0.250. The summed E-state index contributed by atoms with van der Waals surface area (Å²) in [6.45, 7) is 2.64. The molecule has 3 aromatic rings. The Morgan fingerprint density at radius 1 is 1.22 bits per heavy atom. The molecule has 1 saturated heterocycles. The predicted molar refractivity (Wildman–Crippen MR) is 106 cm³/mol. The summed E-state index contributed by atoms with van der Waals surface area (Å²) in [7, 11) is 0. The van der Waals surface area contributed by atoms with Crippen LogP contribution in [0.5, 0.6) is 0 Å². The van der Waals surface area contributed by atoms with Crippen LogP contribution in [0, 0.1) is 6.92 Å². The van der Waals surface area contributed by atoms with Crippen LogP contribution in [-0.2, 0) is 0 Å². The summed E-state index contributed by atoms with van der Waals surface area (Å²) in [5.41, 5.74) is 2.72. The molecule has 1 aliphatic rings. The number of halogens is 1. The van der Waals surface area contributed by atoms with E-state index in [2.05, 4.69) is 31.4 Å². The molecule has 7 heteroatoms. The minimum atomic E-state index is -0.203. The van der Waals surface area contributed by atoms with Gasteiger partial charge in [0.15, 0.2) is 0 Å². The monoisotopic (exact) mass is 426 g/mol. The van der Waals surface area contributed by atoms with Crippen LogP contribution in [0.25, 0.3) is 11.4 Å². The summed E-state index contributed by atoms with van der Waals surface area (Å²) in [6, 6.07) is 15.1. The highest BCUT2D eigenvalue weighted by atomic mass is 79.9. The quantitative estimate of drug-likeness (QED) is 0.626. The van der Waals surface area contributed by atoms with Gasteiger partial charge in [-0.05, 0) is 55.7 Å². The maximum atomic E-state index is 12.8. The highest BCUT2D eigenvalue weighted by Gasteiger charge is 2.34. The summed E-state index contributed by atoms with van der Waals surface area (Å²) < 4.78 is 6.48. The minimum absolute atomic E-state index is 0.143. The first-order valence-corrected chi connectivity index (χ1v) is 9.64. The molecule has 0 saturated carbocycles. The Hall–Kier alpha value is -2.67. The van der Waals surface area contributed by atoms with Crippen molar-refractivity contribution < 1.29 is 9.32 Å². The number of para-hydroxylation sites is 1. The largest absolute Gasteiger partial charge is 0.337 e. The van der Waals surface area contributed by atoms with E-state index < -0.39 is 0 Å². The Balaban J connectivity index is 1.52. The summed E-state index contributed by atoms with van der Waals surface area (Å²) in [4.78, 5) is 19.1. The third-order valence-corrected chi connectivity index (χ3v) is 5.26. The molecule has 1 fully saturated rings. The van der Waals surface area contributed by atoms with E-state index in [1.165, 1.54) is 0 Å². The second kappa shape index (κ2) is 7.52. The van der Waals surface area contributed by atoms with Crippen LogP contribution in [0.1, 0.15) is 30.3 Å². The zero-order chi connectivity index (χ0) is 18.8. The minimum Gasteiger partial charge on any atom is -0.337 e. The van der Waals surface area contributed by atoms with Crippen molar-refractivity contribution in [3.05, 3.63) is 64.5 Å². The second-order valence-corrected chi connectivity index (χ2v) is 7.48. The van der Waals surface area contributed by atoms with Gasteiger partial charge >= 0.3 is 6.03 Å². The molecular weight excluding hydrogens is 408 g/mol. The lowest BCUT2D eigenvalue weighted by Crippen LogP contribution is -2.34. The van der Waals surface area contributed by atoms with E-state index in [0.717, 1.165) is 34.1 Å². The van der Waals surface area contributed by atoms with E-state index in [1.807, 2.05) is 55.5 Å². The number of carbonyl (C=O) groups excluding carboxylic acids is 1. The van der Waals surface area contributed by atoms with E-state index in [0.29, 0.717) is 18.3 Å². The summed E-state index contributed by atoms with van der Waals surface area (Å²) in [6.07, 6.45) is 1.71. The van der Waals surface area contributed by atoms with Gasteiger partial charge in [-0.25, -0.2) is 4.79 Å². The molecular formula is C20H19BrN4O2. The summed E-state index contributed by atoms with van der Waals surface area (Å²) >= 11 is 3.42. The van der Waals surface area contributed by atoms with E-state index in [1.54, 1.807) is 4.90 Å². The lowest BCUT2D eigenvalue weighted by atomic mass is 10.2. The van der Waals surface area contributed by atoms with Crippen LogP contribution in [0.2, 0.25) is 0 Å². The van der Waals surface area contributed by atoms with Gasteiger partial charge < -0.3 is 14.7 Å². The number of anilines is 1. The number of carbonyl (C=O) groups is 1. The lowest BCUT2D eigenvalue weighted by molar-refractivity contribution is 0.193. The fourth-order valence-corrected chi connectivity index (χ4v) is 3.52. The van der Waals surface area contributed by atoms with E-state index in [4.69, 9.17) is 4.52 Å². The van der Waals surface area contributed by atoms with Gasteiger partial charge in [0.2, 0.25) is 11.7 Å². The fourth-order valence-electron chi connectivity index (χ4n) is 3.25. The molecule has 1 unspecified atom stereocenters. The Labute approximate surface area is 165 Å². The molecule has 0 bridgehead atoms. The van der Waals surface area contributed by atoms with Crippen LogP contribution in [0.4, 0.5) is 10.5 Å². The van der Waals surface area contributed by atoms with Crippen molar-refractivity contribution in [3.8, 4) is 11.4 Å². The number of urea groups is 1. The van der Waals surface area contributed by atoms with Crippen LogP contribution >= 0.6 is 15.9 Å². The average Bonchev–Trinajstić information content (AvgIpc) is 3.33. The lowest BCUT2D eigenvalue weighted by Gasteiger charge is -2.22. The number of likely N-dealkylation sites (tertiary alicyclic amines) is 1. The van der Waals surface area contributed by atoms with Crippen LogP contribution in [0.15, 0.2) is 57.5 Å². The number of benzene rings is 2. The molecule has 1 atom stereocenters. The van der Waals surface area contributed by atoms with Gasteiger partial charge in [0.25, 0.3) is 0 Å². The number of aryl methyl sites for hydroxylation is 1. The first-order valence-electron chi connectivity index (χ1n) is 8.84. The van der Waals surface area contributed by atoms with Crippen molar-refractivity contribution in [2.24, 2.45) is 0 Å². The van der Waals surface area contributed by atoms with Crippen molar-refractivity contribution in [2.75, 3.05) is 11.9 Å². The Morgan fingerprint density at radius 3 is 2.78 bits per heavy atom. The highest BCUT2D eigenvalue weighted by molar-refractivity contribution is 9.10. The SMILES string of the molecule is Cc1ccccc1NC(=O)N1CCCC1c1nc(-c2ccc(Br)cc2)no1. The van der Waals surface area contributed by atoms with E-state index in [9.17, 15) is 4.79 Å². The molecule has 27 heavy (non-hydrogen) atoms. The molecule has 0 aliphatic carbocycles. The van der Waals surface area contributed by atoms with Gasteiger partial charge in [-0.15, -0.1) is 0 Å². The van der Waals surface area contributed by atoms with Crippen LogP contribution in [0.3, 0.4) is 0 Å². The third-order valence-electron chi connectivity index (χ3n) is 4.73. The molecule has 6 nitrogen and oxygen atoms in total. The second-order valence-electron chi connectivity index (χ2n) is 6.56. The molecule has 2 amide bonds. The molecule has 138 valence electrons. The number of hydrogen-bond donors (Lipinski definition) is 1. The highest BCUT2D eigenvalue weighted by Crippen LogP contribution is 2.33. The maximum Gasteiger partial charge on any atom is 0.322 e. The number of nitrogens with zero attached hydrogens (tertiary/aromatic N) is 3. The molecule has 0 spiro atoms. The smallest absolute Gasteiger partial charge is 0.322 e. The zero-order valence-corrected chi connectivity index (χ0v) is 16.4. The molecule has 1 aromatic heterocycles. The van der Waals surface area contributed by atoms with Crippen LogP contribution in [-0.4, -0.2) is 27.6 Å². The Kier molecular flexibility index (Phi) is 4.94. The molecule has 2 heterocycles.